The molecule has 31 heavy (non-hydrogen) atoms. The highest BCUT2D eigenvalue weighted by Crippen LogP contribution is 2.33. The van der Waals surface area contributed by atoms with Crippen LogP contribution in [0.5, 0.6) is 0 Å². The van der Waals surface area contributed by atoms with Crippen molar-refractivity contribution in [3.63, 3.8) is 0 Å². The largest absolute Gasteiger partial charge is 0.329 e. The third-order valence-corrected chi connectivity index (χ3v) is 6.96. The monoisotopic (exact) mass is 450 g/mol. The van der Waals surface area contributed by atoms with E-state index in [2.05, 4.69) is 10.3 Å². The Balaban J connectivity index is 1.34. The number of aromatic nitrogens is 1. The second-order valence-electron chi connectivity index (χ2n) is 7.87. The lowest BCUT2D eigenvalue weighted by Gasteiger charge is -2.10. The van der Waals surface area contributed by atoms with Crippen molar-refractivity contribution in [1.29, 1.82) is 0 Å². The molecule has 3 aromatic carbocycles. The summed E-state index contributed by atoms with van der Waals surface area (Å²) in [5.74, 6) is 0.0278. The smallest absolute Gasteiger partial charge is 0.188 e. The standard InChI is InChI=1S/C25H20ClFN2OS/c26-19-10-12-22-23(14-19)31-25(29-22)28-21-11-9-18(13-20(21)27)15-5-7-17(8-6-15)24(30)16-3-1-2-4-16/h5-14,16H,1-4H2,(H,28,29). The third-order valence-electron chi connectivity index (χ3n) is 5.79. The van der Waals surface area contributed by atoms with Crippen LogP contribution in [0.4, 0.5) is 15.2 Å². The molecule has 0 saturated heterocycles. The summed E-state index contributed by atoms with van der Waals surface area (Å²) in [5.41, 5.74) is 3.57. The Morgan fingerprint density at radius 3 is 2.48 bits per heavy atom. The highest BCUT2D eigenvalue weighted by molar-refractivity contribution is 7.22. The van der Waals surface area contributed by atoms with Gasteiger partial charge in [-0.05, 0) is 54.3 Å². The summed E-state index contributed by atoms with van der Waals surface area (Å²) in [5, 5.41) is 4.32. The van der Waals surface area contributed by atoms with Gasteiger partial charge in [0.15, 0.2) is 10.9 Å². The molecule has 1 aliphatic rings. The first-order valence-electron chi connectivity index (χ1n) is 10.3. The van der Waals surface area contributed by atoms with Gasteiger partial charge in [-0.3, -0.25) is 4.79 Å². The molecule has 1 saturated carbocycles. The fraction of sp³-hybridized carbons (Fsp3) is 0.200. The molecule has 156 valence electrons. The van der Waals surface area contributed by atoms with Crippen LogP contribution in [-0.2, 0) is 0 Å². The molecule has 5 rings (SSSR count). The predicted molar refractivity (Wildman–Crippen MR) is 126 cm³/mol. The number of hydrogen-bond donors (Lipinski definition) is 1. The molecule has 0 unspecified atom stereocenters. The molecule has 1 aromatic heterocycles. The number of anilines is 2. The SMILES string of the molecule is O=C(c1ccc(-c2ccc(Nc3nc4ccc(Cl)cc4s3)c(F)c2)cc1)C1CCCC1. The van der Waals surface area contributed by atoms with Gasteiger partial charge in [0, 0.05) is 16.5 Å². The number of thiazole rings is 1. The van der Waals surface area contributed by atoms with E-state index in [1.54, 1.807) is 12.1 Å². The van der Waals surface area contributed by atoms with Crippen molar-refractivity contribution in [1.82, 2.24) is 4.98 Å². The van der Waals surface area contributed by atoms with Crippen LogP contribution in [0.2, 0.25) is 5.02 Å². The van der Waals surface area contributed by atoms with E-state index in [0.29, 0.717) is 15.8 Å². The minimum absolute atomic E-state index is 0.159. The molecule has 0 radical (unpaired) electrons. The Kier molecular flexibility index (Phi) is 5.47. The van der Waals surface area contributed by atoms with Crippen LogP contribution >= 0.6 is 22.9 Å². The van der Waals surface area contributed by atoms with E-state index in [-0.39, 0.29) is 17.5 Å². The Morgan fingerprint density at radius 1 is 1.00 bits per heavy atom. The number of benzene rings is 3. The molecule has 0 aliphatic heterocycles. The van der Waals surface area contributed by atoms with Crippen molar-refractivity contribution < 1.29 is 9.18 Å². The summed E-state index contributed by atoms with van der Waals surface area (Å²) in [4.78, 5) is 17.0. The lowest BCUT2D eigenvalue weighted by Crippen LogP contribution is -2.10. The number of nitrogens with zero attached hydrogens (tertiary/aromatic N) is 1. The fourth-order valence-corrected chi connectivity index (χ4v) is 5.27. The molecule has 4 aromatic rings. The molecule has 0 spiro atoms. The number of halogens is 2. The summed E-state index contributed by atoms with van der Waals surface area (Å²) in [6.45, 7) is 0. The van der Waals surface area contributed by atoms with Crippen molar-refractivity contribution in [3.05, 3.63) is 77.1 Å². The first-order valence-corrected chi connectivity index (χ1v) is 11.5. The van der Waals surface area contributed by atoms with Crippen LogP contribution in [-0.4, -0.2) is 10.8 Å². The van der Waals surface area contributed by atoms with Crippen LogP contribution in [0, 0.1) is 11.7 Å². The molecule has 0 amide bonds. The number of rotatable bonds is 5. The van der Waals surface area contributed by atoms with Gasteiger partial charge in [0.1, 0.15) is 5.82 Å². The predicted octanol–water partition coefficient (Wildman–Crippen LogP) is 7.87. The molecule has 6 heteroatoms. The van der Waals surface area contributed by atoms with E-state index < -0.39 is 0 Å². The number of hydrogen-bond acceptors (Lipinski definition) is 4. The van der Waals surface area contributed by atoms with E-state index in [1.807, 2.05) is 42.5 Å². The third kappa shape index (κ3) is 4.21. The maximum absolute atomic E-state index is 14.8. The first kappa shape index (κ1) is 20.2. The Bertz CT molecular complexity index is 1260. The molecule has 0 bridgehead atoms. The quantitative estimate of drug-likeness (QED) is 0.314. The average molecular weight is 451 g/mol. The summed E-state index contributed by atoms with van der Waals surface area (Å²) in [7, 11) is 0. The highest BCUT2D eigenvalue weighted by atomic mass is 35.5. The number of fused-ring (bicyclic) bond motifs is 1. The van der Waals surface area contributed by atoms with E-state index in [1.165, 1.54) is 17.4 Å². The minimum atomic E-state index is -0.360. The second-order valence-corrected chi connectivity index (χ2v) is 9.34. The molecular formula is C25H20ClFN2OS. The maximum Gasteiger partial charge on any atom is 0.188 e. The number of ketones is 1. The molecule has 0 atom stereocenters. The Labute approximate surface area is 188 Å². The summed E-state index contributed by atoms with van der Waals surface area (Å²) in [6, 6.07) is 18.0. The van der Waals surface area contributed by atoms with Gasteiger partial charge < -0.3 is 5.32 Å². The van der Waals surface area contributed by atoms with Crippen molar-refractivity contribution in [2.75, 3.05) is 5.32 Å². The van der Waals surface area contributed by atoms with Crippen LogP contribution in [0.1, 0.15) is 36.0 Å². The van der Waals surface area contributed by atoms with Crippen molar-refractivity contribution >= 4 is 49.8 Å². The molecule has 3 nitrogen and oxygen atoms in total. The number of Topliss-reactive ketones (excluding diaryl/α,β-unsaturated/α-hetero) is 1. The second kappa shape index (κ2) is 8.40. The molecule has 1 aliphatic carbocycles. The van der Waals surface area contributed by atoms with E-state index >= 15 is 0 Å². The van der Waals surface area contributed by atoms with E-state index in [4.69, 9.17) is 11.6 Å². The fourth-order valence-electron chi connectivity index (χ4n) is 4.11. The Morgan fingerprint density at radius 2 is 1.74 bits per heavy atom. The Hall–Kier alpha value is -2.76. The van der Waals surface area contributed by atoms with Crippen molar-refractivity contribution in [2.24, 2.45) is 5.92 Å². The lowest BCUT2D eigenvalue weighted by atomic mass is 9.94. The normalized spacial score (nSPS) is 14.3. The van der Waals surface area contributed by atoms with Gasteiger partial charge in [0.25, 0.3) is 0 Å². The van der Waals surface area contributed by atoms with Gasteiger partial charge in [-0.25, -0.2) is 9.37 Å². The summed E-state index contributed by atoms with van der Waals surface area (Å²) in [6.07, 6.45) is 4.25. The van der Waals surface area contributed by atoms with E-state index in [9.17, 15) is 9.18 Å². The summed E-state index contributed by atoms with van der Waals surface area (Å²) >= 11 is 7.45. The first-order chi connectivity index (χ1) is 15.1. The highest BCUT2D eigenvalue weighted by Gasteiger charge is 2.23. The van der Waals surface area contributed by atoms with Gasteiger partial charge >= 0.3 is 0 Å². The van der Waals surface area contributed by atoms with Crippen molar-refractivity contribution in [2.45, 2.75) is 25.7 Å². The van der Waals surface area contributed by atoms with Crippen LogP contribution in [0.3, 0.4) is 0 Å². The van der Waals surface area contributed by atoms with Crippen LogP contribution in [0.25, 0.3) is 21.3 Å². The van der Waals surface area contributed by atoms with Crippen LogP contribution in [0.15, 0.2) is 60.7 Å². The number of nitrogens with one attached hydrogen (secondary N) is 1. The molecule has 1 fully saturated rings. The number of carbonyl (C=O) groups is 1. The van der Waals surface area contributed by atoms with E-state index in [0.717, 1.165) is 52.6 Å². The van der Waals surface area contributed by atoms with Gasteiger partial charge in [0.05, 0.1) is 15.9 Å². The zero-order valence-corrected chi connectivity index (χ0v) is 18.3. The molecule has 1 N–H and O–H groups in total. The molecular weight excluding hydrogens is 431 g/mol. The van der Waals surface area contributed by atoms with Crippen LogP contribution < -0.4 is 5.32 Å². The molecule has 1 heterocycles. The topological polar surface area (TPSA) is 42.0 Å². The van der Waals surface area contributed by atoms with Gasteiger partial charge in [-0.2, -0.15) is 0 Å². The zero-order valence-electron chi connectivity index (χ0n) is 16.7. The minimum Gasteiger partial charge on any atom is -0.329 e. The zero-order chi connectivity index (χ0) is 21.4. The van der Waals surface area contributed by atoms with Crippen molar-refractivity contribution in [3.8, 4) is 11.1 Å². The van der Waals surface area contributed by atoms with Gasteiger partial charge in [0.2, 0.25) is 0 Å². The van der Waals surface area contributed by atoms with Gasteiger partial charge in [-0.15, -0.1) is 0 Å². The summed E-state index contributed by atoms with van der Waals surface area (Å²) < 4.78 is 15.7. The number of carbonyl (C=O) groups excluding carboxylic acids is 1. The lowest BCUT2D eigenvalue weighted by molar-refractivity contribution is 0.0923. The average Bonchev–Trinajstić information content (AvgIpc) is 3.44. The maximum atomic E-state index is 14.8. The van der Waals surface area contributed by atoms with Gasteiger partial charge in [-0.1, -0.05) is 66.1 Å².